The molecular formula is C15H25N3O. The van der Waals surface area contributed by atoms with Crippen LogP contribution in [0.3, 0.4) is 0 Å². The van der Waals surface area contributed by atoms with Crippen molar-refractivity contribution in [3.05, 3.63) is 29.3 Å². The van der Waals surface area contributed by atoms with Crippen LogP contribution in [0, 0.1) is 6.92 Å². The van der Waals surface area contributed by atoms with E-state index < -0.39 is 0 Å². The van der Waals surface area contributed by atoms with Crippen molar-refractivity contribution < 1.29 is 4.79 Å². The first-order chi connectivity index (χ1) is 8.95. The summed E-state index contributed by atoms with van der Waals surface area (Å²) in [5.74, 6) is 0.109. The zero-order valence-corrected chi connectivity index (χ0v) is 12.7. The largest absolute Gasteiger partial charge is 0.365 e. The summed E-state index contributed by atoms with van der Waals surface area (Å²) in [6, 6.07) is 6.35. The third kappa shape index (κ3) is 4.56. The highest BCUT2D eigenvalue weighted by atomic mass is 16.2. The fourth-order valence-corrected chi connectivity index (χ4v) is 1.92. The molecule has 0 unspecified atom stereocenters. The van der Waals surface area contributed by atoms with Crippen LogP contribution in [0.1, 0.15) is 18.1 Å². The predicted molar refractivity (Wildman–Crippen MR) is 80.5 cm³/mol. The fourth-order valence-electron chi connectivity index (χ4n) is 1.92. The Kier molecular flexibility index (Phi) is 5.83. The molecule has 106 valence electrons. The minimum atomic E-state index is 0.109. The molecule has 0 aliphatic heterocycles. The average molecular weight is 263 g/mol. The van der Waals surface area contributed by atoms with E-state index in [4.69, 9.17) is 0 Å². The molecule has 0 fully saturated rings. The van der Waals surface area contributed by atoms with Crippen LogP contribution in [0.25, 0.3) is 0 Å². The lowest BCUT2D eigenvalue weighted by atomic mass is 10.1. The summed E-state index contributed by atoms with van der Waals surface area (Å²) in [4.78, 5) is 15.4. The molecule has 0 heterocycles. The maximum Gasteiger partial charge on any atom is 0.241 e. The highest BCUT2D eigenvalue weighted by Crippen LogP contribution is 2.21. The Bertz CT molecular complexity index is 429. The van der Waals surface area contributed by atoms with Gasteiger partial charge in [0.25, 0.3) is 0 Å². The molecule has 0 bridgehead atoms. The molecule has 0 saturated carbocycles. The van der Waals surface area contributed by atoms with E-state index in [-0.39, 0.29) is 5.91 Å². The van der Waals surface area contributed by atoms with Crippen molar-refractivity contribution in [2.24, 2.45) is 0 Å². The third-order valence-corrected chi connectivity index (χ3v) is 3.08. The molecule has 0 aromatic heterocycles. The number of carbonyl (C=O) groups is 1. The van der Waals surface area contributed by atoms with E-state index in [9.17, 15) is 4.79 Å². The van der Waals surface area contributed by atoms with Gasteiger partial charge < -0.3 is 15.1 Å². The van der Waals surface area contributed by atoms with Gasteiger partial charge in [0.15, 0.2) is 0 Å². The molecular weight excluding hydrogens is 238 g/mol. The number of likely N-dealkylation sites (N-methyl/N-ethyl adjacent to an activating group) is 2. The van der Waals surface area contributed by atoms with Gasteiger partial charge >= 0.3 is 0 Å². The van der Waals surface area contributed by atoms with Gasteiger partial charge in [0, 0.05) is 33.4 Å². The summed E-state index contributed by atoms with van der Waals surface area (Å²) >= 11 is 0. The van der Waals surface area contributed by atoms with Crippen molar-refractivity contribution >= 4 is 11.6 Å². The van der Waals surface area contributed by atoms with E-state index in [1.807, 2.05) is 11.9 Å². The number of rotatable bonds is 6. The first-order valence-electron chi connectivity index (χ1n) is 6.67. The summed E-state index contributed by atoms with van der Waals surface area (Å²) in [5.41, 5.74) is 3.58. The van der Waals surface area contributed by atoms with Crippen LogP contribution >= 0.6 is 0 Å². The van der Waals surface area contributed by atoms with Crippen molar-refractivity contribution in [1.29, 1.82) is 0 Å². The molecule has 0 spiro atoms. The maximum absolute atomic E-state index is 11.8. The number of benzene rings is 1. The van der Waals surface area contributed by atoms with Gasteiger partial charge in [-0.15, -0.1) is 0 Å². The Morgan fingerprint density at radius 2 is 1.95 bits per heavy atom. The monoisotopic (exact) mass is 263 g/mol. The van der Waals surface area contributed by atoms with Crippen LogP contribution in [0.15, 0.2) is 18.2 Å². The number of anilines is 1. The van der Waals surface area contributed by atoms with E-state index in [2.05, 4.69) is 37.4 Å². The Balaban J connectivity index is 2.88. The zero-order chi connectivity index (χ0) is 14.4. The van der Waals surface area contributed by atoms with Crippen LogP contribution in [-0.4, -0.2) is 45.0 Å². The predicted octanol–water partition coefficient (Wildman–Crippen LogP) is 1.63. The smallest absolute Gasteiger partial charge is 0.241 e. The van der Waals surface area contributed by atoms with Crippen LogP contribution in [0.5, 0.6) is 0 Å². The number of aryl methyl sites for hydroxylation is 1. The van der Waals surface area contributed by atoms with E-state index in [1.165, 1.54) is 11.1 Å². The van der Waals surface area contributed by atoms with Crippen molar-refractivity contribution in [3.63, 3.8) is 0 Å². The molecule has 0 atom stereocenters. The second-order valence-corrected chi connectivity index (χ2v) is 5.06. The molecule has 1 rings (SSSR count). The van der Waals surface area contributed by atoms with Crippen LogP contribution in [-0.2, 0) is 11.3 Å². The van der Waals surface area contributed by atoms with Gasteiger partial charge in [0.05, 0.1) is 6.54 Å². The molecule has 4 heteroatoms. The normalized spacial score (nSPS) is 10.4. The highest BCUT2D eigenvalue weighted by molar-refractivity contribution is 5.81. The van der Waals surface area contributed by atoms with E-state index in [0.717, 1.165) is 18.8 Å². The summed E-state index contributed by atoms with van der Waals surface area (Å²) in [7, 11) is 5.53. The first-order valence-corrected chi connectivity index (χ1v) is 6.67. The van der Waals surface area contributed by atoms with Gasteiger partial charge in [-0.25, -0.2) is 0 Å². The molecule has 0 saturated heterocycles. The lowest BCUT2D eigenvalue weighted by Crippen LogP contribution is -2.35. The summed E-state index contributed by atoms with van der Waals surface area (Å²) in [5, 5.41) is 3.34. The second-order valence-electron chi connectivity index (χ2n) is 5.06. The minimum Gasteiger partial charge on any atom is -0.365 e. The van der Waals surface area contributed by atoms with Gasteiger partial charge in [-0.05, 0) is 25.1 Å². The van der Waals surface area contributed by atoms with Gasteiger partial charge in [-0.1, -0.05) is 24.6 Å². The molecule has 0 aliphatic carbocycles. The van der Waals surface area contributed by atoms with Gasteiger partial charge in [-0.3, -0.25) is 4.79 Å². The summed E-state index contributed by atoms with van der Waals surface area (Å²) in [6.45, 7) is 6.34. The highest BCUT2D eigenvalue weighted by Gasteiger charge is 2.12. The van der Waals surface area contributed by atoms with Crippen LogP contribution < -0.4 is 10.2 Å². The quantitative estimate of drug-likeness (QED) is 0.847. The van der Waals surface area contributed by atoms with E-state index in [0.29, 0.717) is 6.54 Å². The third-order valence-electron chi connectivity index (χ3n) is 3.08. The molecule has 0 radical (unpaired) electrons. The van der Waals surface area contributed by atoms with Crippen LogP contribution in [0.4, 0.5) is 5.69 Å². The molecule has 1 amide bonds. The Morgan fingerprint density at radius 3 is 2.53 bits per heavy atom. The van der Waals surface area contributed by atoms with Crippen molar-refractivity contribution in [2.75, 3.05) is 39.1 Å². The Hall–Kier alpha value is -1.55. The Labute approximate surface area is 116 Å². The summed E-state index contributed by atoms with van der Waals surface area (Å²) in [6.07, 6.45) is 0. The molecule has 4 nitrogen and oxygen atoms in total. The van der Waals surface area contributed by atoms with Gasteiger partial charge in [0.2, 0.25) is 5.91 Å². The average Bonchev–Trinajstić information content (AvgIpc) is 2.35. The number of nitrogens with zero attached hydrogens (tertiary/aromatic N) is 2. The maximum atomic E-state index is 11.8. The van der Waals surface area contributed by atoms with E-state index in [1.54, 1.807) is 19.0 Å². The Morgan fingerprint density at radius 1 is 1.26 bits per heavy atom. The minimum absolute atomic E-state index is 0.109. The summed E-state index contributed by atoms with van der Waals surface area (Å²) < 4.78 is 0. The second kappa shape index (κ2) is 7.14. The molecule has 0 aliphatic rings. The lowest BCUT2D eigenvalue weighted by molar-refractivity contribution is -0.127. The fraction of sp³-hybridized carbons (Fsp3) is 0.533. The van der Waals surface area contributed by atoms with Crippen molar-refractivity contribution in [3.8, 4) is 0 Å². The topological polar surface area (TPSA) is 35.6 Å². The standard InChI is InChI=1S/C15H25N3O/c1-6-16-10-13-9-12(2)7-8-14(13)18(5)11-15(19)17(3)4/h7-9,16H,6,10-11H2,1-5H3. The van der Waals surface area contributed by atoms with Crippen LogP contribution in [0.2, 0.25) is 0 Å². The SMILES string of the molecule is CCNCc1cc(C)ccc1N(C)CC(=O)N(C)C. The number of hydrogen-bond acceptors (Lipinski definition) is 3. The van der Waals surface area contributed by atoms with E-state index >= 15 is 0 Å². The number of nitrogens with one attached hydrogen (secondary N) is 1. The van der Waals surface area contributed by atoms with Crippen molar-refractivity contribution in [2.45, 2.75) is 20.4 Å². The first kappa shape index (κ1) is 15.5. The molecule has 19 heavy (non-hydrogen) atoms. The molecule has 1 aromatic carbocycles. The van der Waals surface area contributed by atoms with Gasteiger partial charge in [0.1, 0.15) is 0 Å². The lowest BCUT2D eigenvalue weighted by Gasteiger charge is -2.24. The zero-order valence-electron chi connectivity index (χ0n) is 12.7. The number of carbonyl (C=O) groups excluding carboxylic acids is 1. The van der Waals surface area contributed by atoms with Gasteiger partial charge in [-0.2, -0.15) is 0 Å². The molecule has 1 aromatic rings. The number of amides is 1. The number of hydrogen-bond donors (Lipinski definition) is 1. The molecule has 1 N–H and O–H groups in total. The van der Waals surface area contributed by atoms with Crippen molar-refractivity contribution in [1.82, 2.24) is 10.2 Å².